The van der Waals surface area contributed by atoms with Gasteiger partial charge in [-0.15, -0.1) is 0 Å². The van der Waals surface area contributed by atoms with E-state index in [1.807, 2.05) is 0 Å². The Labute approximate surface area is 102 Å². The zero-order valence-corrected chi connectivity index (χ0v) is 10.7. The summed E-state index contributed by atoms with van der Waals surface area (Å²) in [6, 6.07) is 0. The Morgan fingerprint density at radius 2 is 1.88 bits per heavy atom. The number of hydrogen-bond acceptors (Lipinski definition) is 4. The van der Waals surface area contributed by atoms with E-state index in [0.29, 0.717) is 19.6 Å². The van der Waals surface area contributed by atoms with Crippen LogP contribution in [0.4, 0.5) is 0 Å². The average molecular weight is 243 g/mol. The van der Waals surface area contributed by atoms with Crippen LogP contribution in [-0.2, 0) is 19.1 Å². The number of Topliss-reactive ketones (excluding diaryl/α,β-unsaturated/α-hetero) is 2. The molecule has 1 N–H and O–H groups in total. The van der Waals surface area contributed by atoms with Gasteiger partial charge in [0.25, 0.3) is 0 Å². The van der Waals surface area contributed by atoms with E-state index in [4.69, 9.17) is 4.74 Å². The van der Waals surface area contributed by atoms with E-state index in [0.717, 1.165) is 0 Å². The van der Waals surface area contributed by atoms with Crippen LogP contribution in [0.2, 0.25) is 0 Å². The molecule has 0 aliphatic rings. The molecule has 5 nitrogen and oxygen atoms in total. The second-order valence-electron chi connectivity index (χ2n) is 3.98. The van der Waals surface area contributed by atoms with Gasteiger partial charge in [-0.25, -0.2) is 0 Å². The van der Waals surface area contributed by atoms with E-state index in [-0.39, 0.29) is 30.3 Å². The van der Waals surface area contributed by atoms with E-state index in [2.05, 4.69) is 5.32 Å². The van der Waals surface area contributed by atoms with Crippen LogP contribution in [0.25, 0.3) is 0 Å². The van der Waals surface area contributed by atoms with Crippen molar-refractivity contribution in [1.29, 1.82) is 0 Å². The Balaban J connectivity index is 4.29. The molecule has 0 spiro atoms. The van der Waals surface area contributed by atoms with Crippen molar-refractivity contribution in [3.63, 3.8) is 0 Å². The second-order valence-corrected chi connectivity index (χ2v) is 3.98. The molecule has 0 saturated carbocycles. The summed E-state index contributed by atoms with van der Waals surface area (Å²) in [5, 5.41) is 2.65. The summed E-state index contributed by atoms with van der Waals surface area (Å²) in [5.41, 5.74) is 0. The summed E-state index contributed by atoms with van der Waals surface area (Å²) >= 11 is 0. The van der Waals surface area contributed by atoms with E-state index >= 15 is 0 Å². The second kappa shape index (κ2) is 8.87. The van der Waals surface area contributed by atoms with Gasteiger partial charge in [-0.3, -0.25) is 9.59 Å². The fraction of sp³-hybridized carbons (Fsp3) is 0.750. The molecule has 98 valence electrons. The molecule has 0 radical (unpaired) electrons. The lowest BCUT2D eigenvalue weighted by atomic mass is 9.95. The number of nitrogens with one attached hydrogen (secondary N) is 1. The fourth-order valence-corrected chi connectivity index (χ4v) is 1.44. The Morgan fingerprint density at radius 1 is 1.24 bits per heavy atom. The number of hydrogen-bond donors (Lipinski definition) is 1. The van der Waals surface area contributed by atoms with Crippen LogP contribution in [0.5, 0.6) is 0 Å². The lowest BCUT2D eigenvalue weighted by Gasteiger charge is -2.14. The molecule has 0 aromatic heterocycles. The van der Waals surface area contributed by atoms with Crippen molar-refractivity contribution in [1.82, 2.24) is 5.32 Å². The molecular formula is C12H21NO4. The molecule has 0 bridgehead atoms. The standard InChI is InChI=1S/C12H21NO4/c1-4-11(15)8-10(7-9(2)14)12(16)13-5-6-17-3/h10H,4-8H2,1-3H3,(H,13,16). The van der Waals surface area contributed by atoms with Crippen LogP contribution in [-0.4, -0.2) is 37.7 Å². The Bertz CT molecular complexity index is 276. The van der Waals surface area contributed by atoms with Gasteiger partial charge in [-0.1, -0.05) is 6.92 Å². The van der Waals surface area contributed by atoms with Crippen molar-refractivity contribution in [2.75, 3.05) is 20.3 Å². The largest absolute Gasteiger partial charge is 0.383 e. The van der Waals surface area contributed by atoms with Crippen LogP contribution in [0.15, 0.2) is 0 Å². The topological polar surface area (TPSA) is 72.5 Å². The summed E-state index contributed by atoms with van der Waals surface area (Å²) in [6.07, 6.45) is 0.638. The summed E-state index contributed by atoms with van der Waals surface area (Å²) in [6.45, 7) is 3.98. The Morgan fingerprint density at radius 3 is 2.35 bits per heavy atom. The van der Waals surface area contributed by atoms with Crippen LogP contribution >= 0.6 is 0 Å². The predicted octanol–water partition coefficient (Wildman–Crippen LogP) is 0.713. The molecule has 0 heterocycles. The number of amides is 1. The molecule has 1 unspecified atom stereocenters. The first-order valence-electron chi connectivity index (χ1n) is 5.79. The van der Waals surface area contributed by atoms with Crippen molar-refractivity contribution >= 4 is 17.5 Å². The third kappa shape index (κ3) is 7.63. The number of methoxy groups -OCH3 is 1. The third-order valence-corrected chi connectivity index (χ3v) is 2.38. The summed E-state index contributed by atoms with van der Waals surface area (Å²) in [4.78, 5) is 34.1. The molecular weight excluding hydrogens is 222 g/mol. The average Bonchev–Trinajstić information content (AvgIpc) is 2.27. The minimum Gasteiger partial charge on any atom is -0.383 e. The zero-order chi connectivity index (χ0) is 13.3. The molecule has 17 heavy (non-hydrogen) atoms. The molecule has 0 fully saturated rings. The van der Waals surface area contributed by atoms with Gasteiger partial charge < -0.3 is 14.8 Å². The molecule has 0 aromatic carbocycles. The quantitative estimate of drug-likeness (QED) is 0.605. The van der Waals surface area contributed by atoms with Gasteiger partial charge in [0.2, 0.25) is 5.91 Å². The van der Waals surface area contributed by atoms with Gasteiger partial charge in [0, 0.05) is 32.9 Å². The van der Waals surface area contributed by atoms with E-state index < -0.39 is 5.92 Å². The van der Waals surface area contributed by atoms with E-state index in [1.165, 1.54) is 6.92 Å². The highest BCUT2D eigenvalue weighted by molar-refractivity contribution is 5.90. The van der Waals surface area contributed by atoms with Crippen LogP contribution in [0.1, 0.15) is 33.1 Å². The zero-order valence-electron chi connectivity index (χ0n) is 10.7. The number of carbonyl (C=O) groups is 3. The van der Waals surface area contributed by atoms with Gasteiger partial charge in [-0.2, -0.15) is 0 Å². The molecule has 1 atom stereocenters. The molecule has 0 saturated heterocycles. The third-order valence-electron chi connectivity index (χ3n) is 2.38. The van der Waals surface area contributed by atoms with Crippen molar-refractivity contribution in [2.24, 2.45) is 5.92 Å². The van der Waals surface area contributed by atoms with Crippen molar-refractivity contribution < 1.29 is 19.1 Å². The highest BCUT2D eigenvalue weighted by Gasteiger charge is 2.22. The van der Waals surface area contributed by atoms with Gasteiger partial charge in [-0.05, 0) is 6.92 Å². The lowest BCUT2D eigenvalue weighted by molar-refractivity contribution is -0.132. The Kier molecular flexibility index (Phi) is 8.23. The Hall–Kier alpha value is -1.23. The van der Waals surface area contributed by atoms with Crippen LogP contribution in [0.3, 0.4) is 0 Å². The fourth-order valence-electron chi connectivity index (χ4n) is 1.44. The van der Waals surface area contributed by atoms with E-state index in [1.54, 1.807) is 14.0 Å². The molecule has 1 amide bonds. The van der Waals surface area contributed by atoms with Gasteiger partial charge in [0.15, 0.2) is 0 Å². The molecule has 0 aromatic rings. The lowest BCUT2D eigenvalue weighted by Crippen LogP contribution is -2.35. The minimum atomic E-state index is -0.545. The normalized spacial score (nSPS) is 11.9. The summed E-state index contributed by atoms with van der Waals surface area (Å²) < 4.78 is 4.81. The van der Waals surface area contributed by atoms with Gasteiger partial charge in [0.1, 0.15) is 11.6 Å². The SMILES string of the molecule is CCC(=O)CC(CC(C)=O)C(=O)NCCOC. The highest BCUT2D eigenvalue weighted by Crippen LogP contribution is 2.11. The number of ether oxygens (including phenoxy) is 1. The summed E-state index contributed by atoms with van der Waals surface area (Å²) in [7, 11) is 1.54. The summed E-state index contributed by atoms with van der Waals surface area (Å²) in [5.74, 6) is -0.880. The first kappa shape index (κ1) is 15.8. The van der Waals surface area contributed by atoms with E-state index in [9.17, 15) is 14.4 Å². The van der Waals surface area contributed by atoms with Crippen LogP contribution in [0, 0.1) is 5.92 Å². The molecule has 0 rings (SSSR count). The van der Waals surface area contributed by atoms with Crippen LogP contribution < -0.4 is 5.32 Å². The van der Waals surface area contributed by atoms with Crippen molar-refractivity contribution in [2.45, 2.75) is 33.1 Å². The monoisotopic (exact) mass is 243 g/mol. The maximum absolute atomic E-state index is 11.7. The molecule has 0 aliphatic carbocycles. The molecule has 5 heteroatoms. The minimum absolute atomic E-state index is 0.00172. The van der Waals surface area contributed by atoms with Crippen molar-refractivity contribution in [3.05, 3.63) is 0 Å². The first-order valence-corrected chi connectivity index (χ1v) is 5.79. The molecule has 0 aliphatic heterocycles. The highest BCUT2D eigenvalue weighted by atomic mass is 16.5. The maximum Gasteiger partial charge on any atom is 0.224 e. The predicted molar refractivity (Wildman–Crippen MR) is 63.6 cm³/mol. The van der Waals surface area contributed by atoms with Gasteiger partial charge in [0.05, 0.1) is 12.5 Å². The first-order chi connectivity index (χ1) is 8.01. The van der Waals surface area contributed by atoms with Gasteiger partial charge >= 0.3 is 0 Å². The number of rotatable bonds is 9. The van der Waals surface area contributed by atoms with Crippen molar-refractivity contribution in [3.8, 4) is 0 Å². The smallest absolute Gasteiger partial charge is 0.224 e. The number of carbonyl (C=O) groups excluding carboxylic acids is 3. The number of ketones is 2. The maximum atomic E-state index is 11.7.